The maximum absolute atomic E-state index is 11.9. The van der Waals surface area contributed by atoms with E-state index in [1.54, 1.807) is 23.1 Å². The smallest absolute Gasteiger partial charge is 0.282 e. The molecule has 4 nitrogen and oxygen atoms in total. The number of piperazine rings is 1. The molecule has 1 fully saturated rings. The summed E-state index contributed by atoms with van der Waals surface area (Å²) in [6.45, 7) is 6.59. The summed E-state index contributed by atoms with van der Waals surface area (Å²) in [6.07, 6.45) is 0.865. The van der Waals surface area contributed by atoms with Gasteiger partial charge in [0.1, 0.15) is 0 Å². The number of amides is 1. The largest absolute Gasteiger partial charge is 0.303 e. The van der Waals surface area contributed by atoms with Gasteiger partial charge in [0.05, 0.1) is 10.0 Å². The van der Waals surface area contributed by atoms with Crippen LogP contribution in [0, 0.1) is 0 Å². The highest BCUT2D eigenvalue weighted by molar-refractivity contribution is 7.96. The van der Waals surface area contributed by atoms with Crippen molar-refractivity contribution in [2.45, 2.75) is 13.0 Å². The van der Waals surface area contributed by atoms with Gasteiger partial charge < -0.3 is 9.80 Å². The maximum atomic E-state index is 11.9. The van der Waals surface area contributed by atoms with Crippen LogP contribution >= 0.6 is 47.4 Å². The van der Waals surface area contributed by atoms with E-state index in [1.807, 2.05) is 12.1 Å². The predicted octanol–water partition coefficient (Wildman–Crippen LogP) is 5.71. The third kappa shape index (κ3) is 6.78. The molecular weight excluding hydrogens is 449 g/mol. The Balaban J connectivity index is 1.43. The summed E-state index contributed by atoms with van der Waals surface area (Å²) < 4.78 is 0. The van der Waals surface area contributed by atoms with E-state index < -0.39 is 0 Å². The first kappa shape index (κ1) is 22.7. The molecule has 156 valence electrons. The van der Waals surface area contributed by atoms with Gasteiger partial charge in [0.2, 0.25) is 0 Å². The molecule has 0 aromatic heterocycles. The standard InChI is InChI=1S/C21H24Cl3N3OS/c22-17-4-2-16(3-5-17)15-26-12-10-25(11-13-26)8-1-9-27(21(28)29)18-6-7-19(23)20(24)14-18/h2-7,14H,1,8-13,15H2,(H,28,29). The normalized spacial score (nSPS) is 15.4. The lowest BCUT2D eigenvalue weighted by Gasteiger charge is -2.35. The zero-order valence-electron chi connectivity index (χ0n) is 16.0. The number of anilines is 1. The van der Waals surface area contributed by atoms with Gasteiger partial charge in [-0.3, -0.25) is 9.69 Å². The second-order valence-corrected chi connectivity index (χ2v) is 8.76. The molecule has 8 heteroatoms. The molecule has 2 aromatic rings. The SMILES string of the molecule is O=C(S)N(CCCN1CCN(Cc2ccc(Cl)cc2)CC1)c1ccc(Cl)c(Cl)c1. The number of hydrogen-bond donors (Lipinski definition) is 1. The molecule has 1 saturated heterocycles. The van der Waals surface area contributed by atoms with Gasteiger partial charge in [-0.2, -0.15) is 0 Å². The first-order chi connectivity index (χ1) is 13.9. The quantitative estimate of drug-likeness (QED) is 0.523. The van der Waals surface area contributed by atoms with Crippen LogP contribution in [0.15, 0.2) is 42.5 Å². The predicted molar refractivity (Wildman–Crippen MR) is 126 cm³/mol. The number of rotatable bonds is 7. The fraction of sp³-hybridized carbons (Fsp3) is 0.381. The molecule has 1 aliphatic rings. The Morgan fingerprint density at radius 1 is 0.931 bits per heavy atom. The van der Waals surface area contributed by atoms with Crippen LogP contribution in [0.2, 0.25) is 15.1 Å². The molecule has 0 spiro atoms. The monoisotopic (exact) mass is 471 g/mol. The van der Waals surface area contributed by atoms with E-state index in [0.29, 0.717) is 22.3 Å². The molecule has 3 rings (SSSR count). The summed E-state index contributed by atoms with van der Waals surface area (Å²) in [7, 11) is 0. The number of thiol groups is 1. The molecule has 29 heavy (non-hydrogen) atoms. The molecule has 0 bridgehead atoms. The Labute approximate surface area is 192 Å². The Hall–Kier alpha value is -0.950. The van der Waals surface area contributed by atoms with Crippen molar-refractivity contribution in [3.05, 3.63) is 63.1 Å². The molecule has 0 N–H and O–H groups in total. The third-order valence-electron chi connectivity index (χ3n) is 5.09. The average Bonchev–Trinajstić information content (AvgIpc) is 2.70. The van der Waals surface area contributed by atoms with Crippen molar-refractivity contribution < 1.29 is 4.79 Å². The zero-order chi connectivity index (χ0) is 20.8. The summed E-state index contributed by atoms with van der Waals surface area (Å²) >= 11 is 22.0. The van der Waals surface area contributed by atoms with Gasteiger partial charge in [-0.1, -0.05) is 59.6 Å². The Bertz CT molecular complexity index is 826. The first-order valence-electron chi connectivity index (χ1n) is 9.57. The Morgan fingerprint density at radius 3 is 2.21 bits per heavy atom. The summed E-state index contributed by atoms with van der Waals surface area (Å²) in [4.78, 5) is 18.5. The summed E-state index contributed by atoms with van der Waals surface area (Å²) in [5.74, 6) is 0. The lowest BCUT2D eigenvalue weighted by molar-refractivity contribution is 0.126. The zero-order valence-corrected chi connectivity index (χ0v) is 19.2. The summed E-state index contributed by atoms with van der Waals surface area (Å²) in [6, 6.07) is 13.2. The van der Waals surface area contributed by atoms with Crippen molar-refractivity contribution in [3.63, 3.8) is 0 Å². The van der Waals surface area contributed by atoms with E-state index in [9.17, 15) is 4.79 Å². The fourth-order valence-corrected chi connectivity index (χ4v) is 4.09. The fourth-order valence-electron chi connectivity index (χ4n) is 3.46. The van der Waals surface area contributed by atoms with E-state index >= 15 is 0 Å². The van der Waals surface area contributed by atoms with Crippen LogP contribution in [0.3, 0.4) is 0 Å². The molecular formula is C21H24Cl3N3OS. The van der Waals surface area contributed by atoms with Crippen LogP contribution in [0.5, 0.6) is 0 Å². The minimum absolute atomic E-state index is 0.295. The van der Waals surface area contributed by atoms with Crippen molar-refractivity contribution in [2.75, 3.05) is 44.2 Å². The lowest BCUT2D eigenvalue weighted by atomic mass is 10.2. The van der Waals surface area contributed by atoms with Crippen molar-refractivity contribution in [1.29, 1.82) is 0 Å². The summed E-state index contributed by atoms with van der Waals surface area (Å²) in [5, 5.41) is 1.38. The van der Waals surface area contributed by atoms with E-state index in [2.05, 4.69) is 34.6 Å². The molecule has 2 aromatic carbocycles. The number of carbonyl (C=O) groups excluding carboxylic acids is 1. The van der Waals surface area contributed by atoms with Crippen molar-refractivity contribution >= 4 is 58.4 Å². The van der Waals surface area contributed by atoms with Gasteiger partial charge in [-0.15, -0.1) is 0 Å². The molecule has 0 radical (unpaired) electrons. The minimum atomic E-state index is -0.295. The molecule has 0 unspecified atom stereocenters. The van der Waals surface area contributed by atoms with Crippen LogP contribution in [0.4, 0.5) is 10.5 Å². The van der Waals surface area contributed by atoms with Gasteiger partial charge in [-0.05, 0) is 48.9 Å². The van der Waals surface area contributed by atoms with Crippen LogP contribution in [0.25, 0.3) is 0 Å². The number of carbonyl (C=O) groups is 1. The molecule has 0 saturated carbocycles. The first-order valence-corrected chi connectivity index (χ1v) is 11.1. The van der Waals surface area contributed by atoms with Crippen molar-refractivity contribution in [1.82, 2.24) is 9.80 Å². The van der Waals surface area contributed by atoms with Gasteiger partial charge in [-0.25, -0.2) is 0 Å². The summed E-state index contributed by atoms with van der Waals surface area (Å²) in [5.41, 5.74) is 2.00. The molecule has 1 aliphatic heterocycles. The maximum Gasteiger partial charge on any atom is 0.282 e. The third-order valence-corrected chi connectivity index (χ3v) is 6.32. The van der Waals surface area contributed by atoms with E-state index in [1.165, 1.54) is 5.56 Å². The van der Waals surface area contributed by atoms with E-state index in [0.717, 1.165) is 50.7 Å². The van der Waals surface area contributed by atoms with Crippen LogP contribution in [0.1, 0.15) is 12.0 Å². The number of hydrogen-bond acceptors (Lipinski definition) is 3. The minimum Gasteiger partial charge on any atom is -0.303 e. The number of nitrogens with zero attached hydrogens (tertiary/aromatic N) is 3. The Kier molecular flexibility index (Phi) is 8.54. The van der Waals surface area contributed by atoms with Gasteiger partial charge in [0, 0.05) is 50.0 Å². The molecule has 0 aliphatic carbocycles. The highest BCUT2D eigenvalue weighted by Crippen LogP contribution is 2.28. The number of benzene rings is 2. The highest BCUT2D eigenvalue weighted by Gasteiger charge is 2.18. The van der Waals surface area contributed by atoms with Gasteiger partial charge in [0.25, 0.3) is 5.24 Å². The van der Waals surface area contributed by atoms with Gasteiger partial charge in [0.15, 0.2) is 0 Å². The van der Waals surface area contributed by atoms with E-state index in [4.69, 9.17) is 34.8 Å². The topological polar surface area (TPSA) is 26.8 Å². The molecule has 0 atom stereocenters. The Morgan fingerprint density at radius 2 is 1.59 bits per heavy atom. The second-order valence-electron chi connectivity index (χ2n) is 7.13. The number of halogens is 3. The molecule has 1 heterocycles. The van der Waals surface area contributed by atoms with Crippen LogP contribution in [-0.4, -0.2) is 54.3 Å². The van der Waals surface area contributed by atoms with Crippen LogP contribution < -0.4 is 4.90 Å². The van der Waals surface area contributed by atoms with Crippen molar-refractivity contribution in [2.24, 2.45) is 0 Å². The van der Waals surface area contributed by atoms with Crippen LogP contribution in [-0.2, 0) is 6.54 Å². The average molecular weight is 473 g/mol. The lowest BCUT2D eigenvalue weighted by Crippen LogP contribution is -2.46. The van der Waals surface area contributed by atoms with Crippen molar-refractivity contribution in [3.8, 4) is 0 Å². The molecule has 1 amide bonds. The highest BCUT2D eigenvalue weighted by atomic mass is 35.5. The van der Waals surface area contributed by atoms with E-state index in [-0.39, 0.29) is 5.24 Å². The second kappa shape index (κ2) is 10.9. The van der Waals surface area contributed by atoms with Gasteiger partial charge >= 0.3 is 0 Å².